The number of hydrogen-bond acceptors (Lipinski definition) is 4. The first-order valence-corrected chi connectivity index (χ1v) is 8.34. The van der Waals surface area contributed by atoms with E-state index in [9.17, 15) is 9.18 Å². The number of aromatic nitrogens is 1. The van der Waals surface area contributed by atoms with Crippen LogP contribution in [0.2, 0.25) is 0 Å². The number of carbonyl (C=O) groups excluding carboxylic acids is 1. The van der Waals surface area contributed by atoms with Gasteiger partial charge in [0.05, 0.1) is 11.2 Å². The highest BCUT2D eigenvalue weighted by atomic mass is 19.1. The van der Waals surface area contributed by atoms with Crippen LogP contribution >= 0.6 is 0 Å². The van der Waals surface area contributed by atoms with E-state index >= 15 is 0 Å². The zero-order valence-electron chi connectivity index (χ0n) is 13.6. The van der Waals surface area contributed by atoms with Gasteiger partial charge < -0.3 is 15.5 Å². The lowest BCUT2D eigenvalue weighted by Crippen LogP contribution is -2.55. The number of nitrogens with zero attached hydrogens (tertiary/aromatic N) is 1. The molecule has 0 unspecified atom stereocenters. The number of benzene rings is 1. The van der Waals surface area contributed by atoms with Crippen LogP contribution in [0.25, 0.3) is 11.5 Å². The van der Waals surface area contributed by atoms with Gasteiger partial charge in [-0.15, -0.1) is 0 Å². The van der Waals surface area contributed by atoms with E-state index in [-0.39, 0.29) is 11.7 Å². The van der Waals surface area contributed by atoms with Gasteiger partial charge >= 0.3 is 0 Å². The maximum atomic E-state index is 12.9. The van der Waals surface area contributed by atoms with Crippen LogP contribution in [0, 0.1) is 5.82 Å². The summed E-state index contributed by atoms with van der Waals surface area (Å²) < 4.78 is 18.3. The summed E-state index contributed by atoms with van der Waals surface area (Å²) in [5, 5.41) is 2.90. The van der Waals surface area contributed by atoms with Crippen molar-refractivity contribution in [2.24, 2.45) is 5.73 Å². The summed E-state index contributed by atoms with van der Waals surface area (Å²) in [5.74, 6) is 0.0648. The molecule has 5 nitrogen and oxygen atoms in total. The zero-order chi connectivity index (χ0) is 17.0. The van der Waals surface area contributed by atoms with Crippen LogP contribution in [0.4, 0.5) is 4.39 Å². The topological polar surface area (TPSA) is 81.2 Å². The third-order valence-electron chi connectivity index (χ3n) is 4.51. The molecular weight excluding hydrogens is 309 g/mol. The van der Waals surface area contributed by atoms with Crippen LogP contribution in [0.5, 0.6) is 0 Å². The maximum Gasteiger partial charge on any atom is 0.240 e. The Balaban J connectivity index is 1.52. The fraction of sp³-hybridized carbons (Fsp3) is 0.444. The van der Waals surface area contributed by atoms with Gasteiger partial charge in [-0.2, -0.15) is 0 Å². The second-order valence-corrected chi connectivity index (χ2v) is 6.37. The average Bonchev–Trinajstić information content (AvgIpc) is 3.05. The number of amides is 1. The summed E-state index contributed by atoms with van der Waals surface area (Å²) in [5.41, 5.74) is 6.93. The van der Waals surface area contributed by atoms with Gasteiger partial charge in [-0.25, -0.2) is 9.37 Å². The molecule has 0 saturated heterocycles. The van der Waals surface area contributed by atoms with E-state index in [1.807, 2.05) is 0 Å². The predicted octanol–water partition coefficient (Wildman–Crippen LogP) is 2.80. The molecule has 1 aliphatic rings. The van der Waals surface area contributed by atoms with Crippen LogP contribution < -0.4 is 11.1 Å². The van der Waals surface area contributed by atoms with Crippen LogP contribution in [0.15, 0.2) is 34.9 Å². The number of hydrogen-bond donors (Lipinski definition) is 2. The van der Waals surface area contributed by atoms with Gasteiger partial charge in [-0.1, -0.05) is 19.3 Å². The first-order valence-electron chi connectivity index (χ1n) is 8.34. The molecule has 1 aliphatic carbocycles. The quantitative estimate of drug-likeness (QED) is 0.883. The van der Waals surface area contributed by atoms with Crippen molar-refractivity contribution >= 4 is 5.91 Å². The van der Waals surface area contributed by atoms with Crippen LogP contribution in [0.1, 0.15) is 37.8 Å². The molecule has 1 aromatic heterocycles. The van der Waals surface area contributed by atoms with E-state index in [0.29, 0.717) is 18.9 Å². The SMILES string of the molecule is NC1(C(=O)NCCc2coc(-c3ccc(F)cc3)n2)CCCCC1. The van der Waals surface area contributed by atoms with Crippen molar-refractivity contribution in [3.63, 3.8) is 0 Å². The molecule has 1 aromatic carbocycles. The molecule has 0 radical (unpaired) electrons. The summed E-state index contributed by atoms with van der Waals surface area (Å²) >= 11 is 0. The standard InChI is InChI=1S/C18H22FN3O2/c19-14-6-4-13(5-7-14)16-22-15(12-24-16)8-11-21-17(23)18(20)9-2-1-3-10-18/h4-7,12H,1-3,8-11,20H2,(H,21,23). The van der Waals surface area contributed by atoms with E-state index in [4.69, 9.17) is 10.2 Å². The van der Waals surface area contributed by atoms with Crippen LogP contribution in [0.3, 0.4) is 0 Å². The third-order valence-corrected chi connectivity index (χ3v) is 4.51. The lowest BCUT2D eigenvalue weighted by atomic mass is 9.82. The van der Waals surface area contributed by atoms with Crippen molar-refractivity contribution in [2.75, 3.05) is 6.54 Å². The number of nitrogens with two attached hydrogens (primary N) is 1. The fourth-order valence-electron chi connectivity index (χ4n) is 3.04. The molecule has 1 amide bonds. The maximum absolute atomic E-state index is 12.9. The number of carbonyl (C=O) groups is 1. The molecule has 1 fully saturated rings. The van der Waals surface area contributed by atoms with Crippen molar-refractivity contribution in [3.05, 3.63) is 42.0 Å². The minimum atomic E-state index is -0.721. The van der Waals surface area contributed by atoms with Gasteiger partial charge in [0.25, 0.3) is 0 Å². The second kappa shape index (κ2) is 7.13. The monoisotopic (exact) mass is 331 g/mol. The van der Waals surface area contributed by atoms with Gasteiger partial charge in [0.1, 0.15) is 12.1 Å². The number of halogens is 1. The minimum Gasteiger partial charge on any atom is -0.444 e. The van der Waals surface area contributed by atoms with E-state index in [2.05, 4.69) is 10.3 Å². The van der Waals surface area contributed by atoms with Gasteiger partial charge in [0.2, 0.25) is 11.8 Å². The van der Waals surface area contributed by atoms with E-state index in [0.717, 1.165) is 43.4 Å². The molecule has 128 valence electrons. The highest BCUT2D eigenvalue weighted by Crippen LogP contribution is 2.26. The van der Waals surface area contributed by atoms with Crippen molar-refractivity contribution < 1.29 is 13.6 Å². The van der Waals surface area contributed by atoms with Crippen molar-refractivity contribution in [1.29, 1.82) is 0 Å². The largest absolute Gasteiger partial charge is 0.444 e. The number of rotatable bonds is 5. The minimum absolute atomic E-state index is 0.0792. The Morgan fingerprint density at radius 1 is 1.25 bits per heavy atom. The molecule has 0 aliphatic heterocycles. The molecule has 1 saturated carbocycles. The Kier molecular flexibility index (Phi) is 4.94. The van der Waals surface area contributed by atoms with Gasteiger partial charge in [-0.3, -0.25) is 4.79 Å². The lowest BCUT2D eigenvalue weighted by molar-refractivity contribution is -0.127. The summed E-state index contributed by atoms with van der Waals surface area (Å²) in [6, 6.07) is 5.97. The molecule has 2 aromatic rings. The summed E-state index contributed by atoms with van der Waals surface area (Å²) in [7, 11) is 0. The van der Waals surface area contributed by atoms with E-state index in [1.54, 1.807) is 18.4 Å². The van der Waals surface area contributed by atoms with Gasteiger partial charge in [0.15, 0.2) is 0 Å². The van der Waals surface area contributed by atoms with E-state index in [1.165, 1.54) is 12.1 Å². The molecule has 0 bridgehead atoms. The molecule has 3 N–H and O–H groups in total. The summed E-state index contributed by atoms with van der Waals surface area (Å²) in [4.78, 5) is 16.6. The molecular formula is C18H22FN3O2. The van der Waals surface area contributed by atoms with Gasteiger partial charge in [-0.05, 0) is 37.1 Å². The first-order chi connectivity index (χ1) is 11.6. The van der Waals surface area contributed by atoms with Crippen LogP contribution in [-0.4, -0.2) is 23.0 Å². The Morgan fingerprint density at radius 2 is 1.96 bits per heavy atom. The fourth-order valence-corrected chi connectivity index (χ4v) is 3.04. The normalized spacial score (nSPS) is 16.8. The Morgan fingerprint density at radius 3 is 2.67 bits per heavy atom. The molecule has 1 heterocycles. The highest BCUT2D eigenvalue weighted by molar-refractivity contribution is 5.86. The third kappa shape index (κ3) is 3.82. The first kappa shape index (κ1) is 16.6. The smallest absolute Gasteiger partial charge is 0.240 e. The molecule has 0 atom stereocenters. The zero-order valence-corrected chi connectivity index (χ0v) is 13.6. The number of oxazole rings is 1. The van der Waals surface area contributed by atoms with Crippen molar-refractivity contribution in [3.8, 4) is 11.5 Å². The van der Waals surface area contributed by atoms with Crippen molar-refractivity contribution in [1.82, 2.24) is 10.3 Å². The van der Waals surface area contributed by atoms with Gasteiger partial charge in [0, 0.05) is 18.5 Å². The highest BCUT2D eigenvalue weighted by Gasteiger charge is 2.34. The van der Waals surface area contributed by atoms with E-state index < -0.39 is 5.54 Å². The molecule has 6 heteroatoms. The molecule has 3 rings (SSSR count). The molecule has 24 heavy (non-hydrogen) atoms. The predicted molar refractivity (Wildman–Crippen MR) is 88.6 cm³/mol. The Bertz CT molecular complexity index is 691. The Hall–Kier alpha value is -2.21. The number of nitrogens with one attached hydrogen (secondary N) is 1. The summed E-state index contributed by atoms with van der Waals surface area (Å²) in [6.45, 7) is 0.465. The second-order valence-electron chi connectivity index (χ2n) is 6.37. The average molecular weight is 331 g/mol. The lowest BCUT2D eigenvalue weighted by Gasteiger charge is -2.31. The van der Waals surface area contributed by atoms with Crippen LogP contribution in [-0.2, 0) is 11.2 Å². The molecule has 0 spiro atoms. The van der Waals surface area contributed by atoms with Crippen molar-refractivity contribution in [2.45, 2.75) is 44.1 Å². The summed E-state index contributed by atoms with van der Waals surface area (Å²) in [6.07, 6.45) is 6.78. The Labute approximate surface area is 140 Å².